The molecule has 0 aliphatic heterocycles. The summed E-state index contributed by atoms with van der Waals surface area (Å²) < 4.78 is 0. The number of rotatable bonds is 10. The molecule has 2 heteroatoms. The molecule has 0 bridgehead atoms. The molecular formula is C16H32N2. The van der Waals surface area contributed by atoms with Crippen molar-refractivity contribution in [3.05, 3.63) is 0 Å². The first-order chi connectivity index (χ1) is 8.70. The summed E-state index contributed by atoms with van der Waals surface area (Å²) in [6.07, 6.45) is 9.88. The summed E-state index contributed by atoms with van der Waals surface area (Å²) in [7, 11) is 0. The highest BCUT2D eigenvalue weighted by Crippen LogP contribution is 2.35. The van der Waals surface area contributed by atoms with Crippen molar-refractivity contribution < 1.29 is 0 Å². The molecule has 0 saturated heterocycles. The fraction of sp³-hybridized carbons (Fsp3) is 1.00. The Hall–Kier alpha value is -0.0800. The van der Waals surface area contributed by atoms with Gasteiger partial charge in [-0.25, -0.2) is 0 Å². The fourth-order valence-electron chi connectivity index (χ4n) is 3.08. The molecule has 0 aromatic carbocycles. The molecule has 0 aromatic heterocycles. The molecule has 1 atom stereocenters. The fourth-order valence-corrected chi connectivity index (χ4v) is 3.08. The minimum atomic E-state index is 0.798. The van der Waals surface area contributed by atoms with E-state index in [0.29, 0.717) is 0 Å². The highest BCUT2D eigenvalue weighted by atomic mass is 15.2. The maximum atomic E-state index is 5.72. The topological polar surface area (TPSA) is 29.3 Å². The molecule has 106 valence electrons. The summed E-state index contributed by atoms with van der Waals surface area (Å²) in [5.74, 6) is 2.69. The van der Waals surface area contributed by atoms with Crippen LogP contribution in [0, 0.1) is 17.8 Å². The molecule has 2 N–H and O–H groups in total. The molecule has 0 spiro atoms. The van der Waals surface area contributed by atoms with Gasteiger partial charge < -0.3 is 10.6 Å². The Morgan fingerprint density at radius 1 is 1.11 bits per heavy atom. The second-order valence-corrected chi connectivity index (χ2v) is 6.89. The molecular weight excluding hydrogens is 220 g/mol. The zero-order valence-electron chi connectivity index (χ0n) is 12.4. The summed E-state index contributed by atoms with van der Waals surface area (Å²) in [6.45, 7) is 8.30. The van der Waals surface area contributed by atoms with Crippen molar-refractivity contribution in [1.29, 1.82) is 0 Å². The van der Waals surface area contributed by atoms with E-state index in [1.807, 2.05) is 0 Å². The van der Waals surface area contributed by atoms with Crippen LogP contribution >= 0.6 is 0 Å². The van der Waals surface area contributed by atoms with Gasteiger partial charge in [0.25, 0.3) is 0 Å². The summed E-state index contributed by atoms with van der Waals surface area (Å²) >= 11 is 0. The van der Waals surface area contributed by atoms with E-state index in [1.165, 1.54) is 58.0 Å². The van der Waals surface area contributed by atoms with E-state index in [1.54, 1.807) is 0 Å². The number of nitrogens with two attached hydrogens (primary N) is 1. The molecule has 2 fully saturated rings. The average Bonchev–Trinajstić information content (AvgIpc) is 3.17. The van der Waals surface area contributed by atoms with Crippen LogP contribution in [-0.2, 0) is 0 Å². The molecule has 2 aliphatic rings. The van der Waals surface area contributed by atoms with Crippen molar-refractivity contribution in [1.82, 2.24) is 4.90 Å². The van der Waals surface area contributed by atoms with Crippen LogP contribution in [0.25, 0.3) is 0 Å². The highest BCUT2D eigenvalue weighted by Gasteiger charge is 2.33. The molecule has 0 radical (unpaired) electrons. The summed E-state index contributed by atoms with van der Waals surface area (Å²) in [4.78, 5) is 2.79. The van der Waals surface area contributed by atoms with Gasteiger partial charge in [-0.3, -0.25) is 0 Å². The van der Waals surface area contributed by atoms with E-state index < -0.39 is 0 Å². The molecule has 0 aromatic rings. The van der Waals surface area contributed by atoms with Crippen LogP contribution in [0.4, 0.5) is 0 Å². The molecule has 2 aliphatic carbocycles. The van der Waals surface area contributed by atoms with E-state index in [-0.39, 0.29) is 0 Å². The largest absolute Gasteiger partial charge is 0.330 e. The number of nitrogens with zero attached hydrogens (tertiary/aromatic N) is 1. The highest BCUT2D eigenvalue weighted by molar-refractivity contribution is 4.88. The third kappa shape index (κ3) is 4.89. The Labute approximate surface area is 113 Å². The van der Waals surface area contributed by atoms with Crippen molar-refractivity contribution in [3.8, 4) is 0 Å². The van der Waals surface area contributed by atoms with Crippen LogP contribution in [0.3, 0.4) is 0 Å². The molecule has 2 rings (SSSR count). The monoisotopic (exact) mass is 252 g/mol. The second kappa shape index (κ2) is 6.91. The standard InChI is InChI=1S/C16H32N2/c1-13(2)15(9-10-17)4-3-11-18(16-7-8-16)12-14-5-6-14/h13-16H,3-12,17H2,1-2H3. The lowest BCUT2D eigenvalue weighted by Gasteiger charge is -2.25. The van der Waals surface area contributed by atoms with Crippen LogP contribution in [0.5, 0.6) is 0 Å². The van der Waals surface area contributed by atoms with Gasteiger partial charge in [0.1, 0.15) is 0 Å². The van der Waals surface area contributed by atoms with Crippen LogP contribution < -0.4 is 5.73 Å². The van der Waals surface area contributed by atoms with Crippen molar-refractivity contribution in [2.75, 3.05) is 19.6 Å². The Morgan fingerprint density at radius 2 is 1.83 bits per heavy atom. The van der Waals surface area contributed by atoms with Gasteiger partial charge in [0.2, 0.25) is 0 Å². The van der Waals surface area contributed by atoms with Crippen molar-refractivity contribution >= 4 is 0 Å². The number of hydrogen-bond acceptors (Lipinski definition) is 2. The summed E-state index contributed by atoms with van der Waals surface area (Å²) in [6, 6.07) is 0.956. The lowest BCUT2D eigenvalue weighted by Crippen LogP contribution is -2.30. The maximum Gasteiger partial charge on any atom is 0.00965 e. The molecule has 2 saturated carbocycles. The van der Waals surface area contributed by atoms with Crippen molar-refractivity contribution in [2.24, 2.45) is 23.5 Å². The zero-order valence-corrected chi connectivity index (χ0v) is 12.4. The van der Waals surface area contributed by atoms with Gasteiger partial charge in [-0.2, -0.15) is 0 Å². The van der Waals surface area contributed by atoms with Gasteiger partial charge in [-0.1, -0.05) is 13.8 Å². The quantitative estimate of drug-likeness (QED) is 0.646. The van der Waals surface area contributed by atoms with E-state index in [2.05, 4.69) is 18.7 Å². The molecule has 0 heterocycles. The minimum Gasteiger partial charge on any atom is -0.330 e. The zero-order chi connectivity index (χ0) is 13.0. The van der Waals surface area contributed by atoms with Crippen LogP contribution in [-0.4, -0.2) is 30.6 Å². The Bertz CT molecular complexity index is 231. The Kier molecular flexibility index (Phi) is 5.50. The van der Waals surface area contributed by atoms with Gasteiger partial charge in [-0.15, -0.1) is 0 Å². The average molecular weight is 252 g/mol. The molecule has 0 amide bonds. The lowest BCUT2D eigenvalue weighted by atomic mass is 9.88. The van der Waals surface area contributed by atoms with E-state index >= 15 is 0 Å². The van der Waals surface area contributed by atoms with E-state index in [4.69, 9.17) is 5.73 Å². The molecule has 2 nitrogen and oxygen atoms in total. The predicted molar refractivity (Wildman–Crippen MR) is 78.6 cm³/mol. The van der Waals surface area contributed by atoms with Gasteiger partial charge in [0, 0.05) is 12.6 Å². The summed E-state index contributed by atoms with van der Waals surface area (Å²) in [5.41, 5.74) is 5.72. The predicted octanol–water partition coefficient (Wildman–Crippen LogP) is 3.26. The smallest absolute Gasteiger partial charge is 0.00965 e. The third-order valence-corrected chi connectivity index (χ3v) is 4.75. The first-order valence-electron chi connectivity index (χ1n) is 8.14. The normalized spacial score (nSPS) is 21.8. The maximum absolute atomic E-state index is 5.72. The third-order valence-electron chi connectivity index (χ3n) is 4.75. The van der Waals surface area contributed by atoms with E-state index in [9.17, 15) is 0 Å². The minimum absolute atomic E-state index is 0.798. The van der Waals surface area contributed by atoms with Crippen LogP contribution in [0.1, 0.15) is 58.8 Å². The van der Waals surface area contributed by atoms with Crippen molar-refractivity contribution in [3.63, 3.8) is 0 Å². The SMILES string of the molecule is CC(C)C(CCN)CCCN(CC1CC1)C1CC1. The van der Waals surface area contributed by atoms with Crippen molar-refractivity contribution in [2.45, 2.75) is 64.8 Å². The van der Waals surface area contributed by atoms with Gasteiger partial charge in [-0.05, 0) is 75.8 Å². The first-order valence-corrected chi connectivity index (χ1v) is 8.14. The second-order valence-electron chi connectivity index (χ2n) is 6.89. The molecule has 1 unspecified atom stereocenters. The first kappa shape index (κ1) is 14.3. The van der Waals surface area contributed by atoms with Crippen LogP contribution in [0.2, 0.25) is 0 Å². The Morgan fingerprint density at radius 3 is 2.33 bits per heavy atom. The number of hydrogen-bond donors (Lipinski definition) is 1. The van der Waals surface area contributed by atoms with Gasteiger partial charge >= 0.3 is 0 Å². The lowest BCUT2D eigenvalue weighted by molar-refractivity contribution is 0.231. The van der Waals surface area contributed by atoms with Gasteiger partial charge in [0.05, 0.1) is 0 Å². The van der Waals surface area contributed by atoms with E-state index in [0.717, 1.165) is 30.3 Å². The Balaban J connectivity index is 1.64. The van der Waals surface area contributed by atoms with Gasteiger partial charge in [0.15, 0.2) is 0 Å². The van der Waals surface area contributed by atoms with Crippen LogP contribution in [0.15, 0.2) is 0 Å². The molecule has 18 heavy (non-hydrogen) atoms. The summed E-state index contributed by atoms with van der Waals surface area (Å²) in [5, 5.41) is 0.